The van der Waals surface area contributed by atoms with E-state index in [4.69, 9.17) is 4.42 Å². The van der Waals surface area contributed by atoms with E-state index >= 15 is 0 Å². The number of rotatable bonds is 6. The van der Waals surface area contributed by atoms with Crippen LogP contribution in [0.3, 0.4) is 0 Å². The summed E-state index contributed by atoms with van der Waals surface area (Å²) in [6.07, 6.45) is 1.44. The number of aliphatic hydroxyl groups is 1. The van der Waals surface area contributed by atoms with Crippen molar-refractivity contribution in [3.05, 3.63) is 112 Å². The van der Waals surface area contributed by atoms with E-state index in [1.54, 1.807) is 31.2 Å². The van der Waals surface area contributed by atoms with Gasteiger partial charge in [-0.2, -0.15) is 0 Å². The van der Waals surface area contributed by atoms with Gasteiger partial charge in [0.25, 0.3) is 5.91 Å². The predicted octanol–water partition coefficient (Wildman–Crippen LogP) is 5.63. The Morgan fingerprint density at radius 2 is 1.85 bits per heavy atom. The highest BCUT2D eigenvalue weighted by Crippen LogP contribution is 2.41. The summed E-state index contributed by atoms with van der Waals surface area (Å²) in [7, 11) is 0. The third-order valence-corrected chi connectivity index (χ3v) is 6.86. The number of aryl methyl sites for hydroxylation is 1. The number of thiazole rings is 1. The zero-order valence-electron chi connectivity index (χ0n) is 18.1. The molecule has 3 heterocycles. The van der Waals surface area contributed by atoms with Crippen molar-refractivity contribution in [2.45, 2.75) is 19.5 Å². The molecule has 1 N–H and O–H groups in total. The van der Waals surface area contributed by atoms with E-state index in [1.807, 2.05) is 30.3 Å². The number of carbonyl (C=O) groups excluding carboxylic acids is 2. The lowest BCUT2D eigenvalue weighted by Gasteiger charge is -2.24. The van der Waals surface area contributed by atoms with Crippen LogP contribution in [0.1, 0.15) is 32.7 Å². The van der Waals surface area contributed by atoms with Crippen LogP contribution in [0.15, 0.2) is 88.7 Å². The quantitative estimate of drug-likeness (QED) is 0.366. The third kappa shape index (κ3) is 3.82. The Kier molecular flexibility index (Phi) is 5.59. The van der Waals surface area contributed by atoms with Crippen LogP contribution in [0, 0.1) is 12.7 Å². The van der Waals surface area contributed by atoms with Crippen molar-refractivity contribution in [2.24, 2.45) is 0 Å². The summed E-state index contributed by atoms with van der Waals surface area (Å²) in [5.41, 5.74) is 1.97. The van der Waals surface area contributed by atoms with E-state index in [-0.39, 0.29) is 12.1 Å². The van der Waals surface area contributed by atoms with Crippen molar-refractivity contribution in [3.63, 3.8) is 0 Å². The SMILES string of the molecule is Cc1nc(-c2ccccc2)sc1C(=O)C1=C(O)C(=O)N(Cc2ccc(F)cc2)C1c1ccco1. The molecule has 0 spiro atoms. The number of hydrogen-bond donors (Lipinski definition) is 1. The minimum absolute atomic E-state index is 0.0578. The predicted molar refractivity (Wildman–Crippen MR) is 125 cm³/mol. The van der Waals surface area contributed by atoms with Gasteiger partial charge in [0.2, 0.25) is 5.78 Å². The van der Waals surface area contributed by atoms with Gasteiger partial charge in [0.05, 0.1) is 22.4 Å². The van der Waals surface area contributed by atoms with Gasteiger partial charge in [-0.1, -0.05) is 42.5 Å². The number of benzene rings is 2. The first kappa shape index (κ1) is 21.8. The van der Waals surface area contributed by atoms with Gasteiger partial charge < -0.3 is 14.4 Å². The van der Waals surface area contributed by atoms with Crippen molar-refractivity contribution >= 4 is 23.0 Å². The number of aromatic nitrogens is 1. The maximum absolute atomic E-state index is 13.7. The lowest BCUT2D eigenvalue weighted by molar-refractivity contribution is -0.130. The summed E-state index contributed by atoms with van der Waals surface area (Å²) in [5.74, 6) is -1.85. The number of halogens is 1. The molecule has 1 aliphatic rings. The first-order valence-electron chi connectivity index (χ1n) is 10.5. The average Bonchev–Trinajstić information content (AvgIpc) is 3.56. The van der Waals surface area contributed by atoms with Gasteiger partial charge >= 0.3 is 0 Å². The number of nitrogens with zero attached hydrogens (tertiary/aromatic N) is 2. The van der Waals surface area contributed by atoms with Crippen LogP contribution in [0.2, 0.25) is 0 Å². The molecular weight excluding hydrogens is 455 g/mol. The van der Waals surface area contributed by atoms with Crippen LogP contribution in [-0.4, -0.2) is 26.7 Å². The maximum Gasteiger partial charge on any atom is 0.290 e. The van der Waals surface area contributed by atoms with Gasteiger partial charge in [0.1, 0.15) is 22.6 Å². The molecule has 1 aliphatic heterocycles. The Hall–Kier alpha value is -4.04. The third-order valence-electron chi connectivity index (χ3n) is 5.65. The van der Waals surface area contributed by atoms with Gasteiger partial charge in [-0.15, -0.1) is 11.3 Å². The molecule has 170 valence electrons. The lowest BCUT2D eigenvalue weighted by Crippen LogP contribution is -2.30. The molecule has 4 aromatic rings. The second-order valence-corrected chi connectivity index (χ2v) is 8.87. The zero-order valence-corrected chi connectivity index (χ0v) is 18.9. The molecule has 8 heteroatoms. The second-order valence-electron chi connectivity index (χ2n) is 7.87. The standard InChI is InChI=1S/C26H19FN2O4S/c1-15-24(34-25(28-15)17-6-3-2-4-7-17)22(30)20-21(19-8-5-13-33-19)29(26(32)23(20)31)14-16-9-11-18(27)12-10-16/h2-13,21,31H,14H2,1H3. The van der Waals surface area contributed by atoms with E-state index in [1.165, 1.54) is 34.6 Å². The monoisotopic (exact) mass is 474 g/mol. The molecular formula is C26H19FN2O4S. The van der Waals surface area contributed by atoms with Crippen LogP contribution in [0.25, 0.3) is 10.6 Å². The maximum atomic E-state index is 13.7. The number of furan rings is 1. The van der Waals surface area contributed by atoms with Crippen molar-refractivity contribution in [1.82, 2.24) is 9.88 Å². The highest BCUT2D eigenvalue weighted by molar-refractivity contribution is 7.17. The summed E-state index contributed by atoms with van der Waals surface area (Å²) >= 11 is 1.21. The van der Waals surface area contributed by atoms with E-state index in [0.717, 1.165) is 5.56 Å². The fraction of sp³-hybridized carbons (Fsp3) is 0.115. The number of carbonyl (C=O) groups is 2. The number of Topliss-reactive ketones (excluding diaryl/α,β-unsaturated/α-hetero) is 1. The summed E-state index contributed by atoms with van der Waals surface area (Å²) in [6.45, 7) is 1.78. The van der Waals surface area contributed by atoms with Gasteiger partial charge in [-0.25, -0.2) is 9.37 Å². The van der Waals surface area contributed by atoms with Crippen molar-refractivity contribution in [1.29, 1.82) is 0 Å². The largest absolute Gasteiger partial charge is 0.503 e. The molecule has 6 nitrogen and oxygen atoms in total. The van der Waals surface area contributed by atoms with Crippen LogP contribution < -0.4 is 0 Å². The molecule has 0 radical (unpaired) electrons. The molecule has 1 atom stereocenters. The van der Waals surface area contributed by atoms with E-state index in [9.17, 15) is 19.1 Å². The van der Waals surface area contributed by atoms with Gasteiger partial charge in [-0.05, 0) is 36.8 Å². The summed E-state index contributed by atoms with van der Waals surface area (Å²) in [4.78, 5) is 33.0. The van der Waals surface area contributed by atoms with Crippen LogP contribution >= 0.6 is 11.3 Å². The number of amides is 1. The number of hydrogen-bond acceptors (Lipinski definition) is 6. The summed E-state index contributed by atoms with van der Waals surface area (Å²) in [5, 5.41) is 11.5. The van der Waals surface area contributed by atoms with Gasteiger partial charge in [0.15, 0.2) is 5.76 Å². The van der Waals surface area contributed by atoms with E-state index in [2.05, 4.69) is 4.98 Å². The first-order valence-corrected chi connectivity index (χ1v) is 11.3. The van der Waals surface area contributed by atoms with Crippen molar-refractivity contribution < 1.29 is 23.5 Å². The van der Waals surface area contributed by atoms with Crippen LogP contribution in [0.4, 0.5) is 4.39 Å². The highest BCUT2D eigenvalue weighted by Gasteiger charge is 2.45. The molecule has 5 rings (SSSR count). The molecule has 0 saturated carbocycles. The fourth-order valence-corrected chi connectivity index (χ4v) is 5.04. The Labute approximate surface area is 198 Å². The first-order chi connectivity index (χ1) is 16.4. The Balaban J connectivity index is 1.54. The molecule has 34 heavy (non-hydrogen) atoms. The van der Waals surface area contributed by atoms with E-state index < -0.39 is 29.3 Å². The van der Waals surface area contributed by atoms with Crippen LogP contribution in [0.5, 0.6) is 0 Å². The minimum atomic E-state index is -0.929. The second kappa shape index (κ2) is 8.72. The smallest absolute Gasteiger partial charge is 0.290 e. The topological polar surface area (TPSA) is 83.6 Å². The average molecular weight is 475 g/mol. The van der Waals surface area contributed by atoms with Crippen LogP contribution in [-0.2, 0) is 11.3 Å². The van der Waals surface area contributed by atoms with E-state index in [0.29, 0.717) is 26.9 Å². The summed E-state index contributed by atoms with van der Waals surface area (Å²) in [6, 6.07) is 17.5. The molecule has 2 aromatic carbocycles. The molecule has 1 amide bonds. The molecule has 0 aliphatic carbocycles. The van der Waals surface area contributed by atoms with Gasteiger partial charge in [-0.3, -0.25) is 9.59 Å². The highest BCUT2D eigenvalue weighted by atomic mass is 32.1. The minimum Gasteiger partial charge on any atom is -0.503 e. The zero-order chi connectivity index (χ0) is 23.8. The Bertz CT molecular complexity index is 1390. The molecule has 0 saturated heterocycles. The van der Waals surface area contributed by atoms with Crippen molar-refractivity contribution in [2.75, 3.05) is 0 Å². The molecule has 1 unspecified atom stereocenters. The normalized spacial score (nSPS) is 15.9. The van der Waals surface area contributed by atoms with Gasteiger partial charge in [0, 0.05) is 12.1 Å². The molecule has 2 aromatic heterocycles. The lowest BCUT2D eigenvalue weighted by atomic mass is 9.99. The summed E-state index contributed by atoms with van der Waals surface area (Å²) < 4.78 is 18.9. The number of ketones is 1. The molecule has 0 bridgehead atoms. The Morgan fingerprint density at radius 1 is 1.12 bits per heavy atom. The number of aliphatic hydroxyl groups excluding tert-OH is 1. The van der Waals surface area contributed by atoms with Crippen molar-refractivity contribution in [3.8, 4) is 10.6 Å². The Morgan fingerprint density at radius 3 is 2.53 bits per heavy atom. The fourth-order valence-electron chi connectivity index (χ4n) is 4.01. The molecule has 0 fully saturated rings.